The van der Waals surface area contributed by atoms with Gasteiger partial charge in [0.05, 0.1) is 12.7 Å². The second-order valence-electron chi connectivity index (χ2n) is 3.22. The molecule has 1 aromatic heterocycles. The summed E-state index contributed by atoms with van der Waals surface area (Å²) in [6, 6.07) is 0. The van der Waals surface area contributed by atoms with Crippen molar-refractivity contribution >= 4 is 12.1 Å². The minimum absolute atomic E-state index is 0.107. The number of aromatic carboxylic acids is 1. The molecule has 7 heteroatoms. The molecule has 7 nitrogen and oxygen atoms in total. The molecule has 2 heterocycles. The lowest BCUT2D eigenvalue weighted by atomic mass is 10.3. The molecule has 0 saturated heterocycles. The fourth-order valence-corrected chi connectivity index (χ4v) is 1.59. The highest BCUT2D eigenvalue weighted by Crippen LogP contribution is 2.14. The first-order chi connectivity index (χ1) is 7.09. The first kappa shape index (κ1) is 9.50. The molecule has 1 amide bonds. The van der Waals surface area contributed by atoms with E-state index in [1.807, 2.05) is 0 Å². The number of fused-ring (bicyclic) bond motifs is 1. The van der Waals surface area contributed by atoms with E-state index in [1.54, 1.807) is 0 Å². The Bertz CT molecular complexity index is 426. The van der Waals surface area contributed by atoms with Crippen molar-refractivity contribution < 1.29 is 19.8 Å². The van der Waals surface area contributed by atoms with Crippen LogP contribution in [0.25, 0.3) is 0 Å². The fraction of sp³-hybridized carbons (Fsp3) is 0.375. The van der Waals surface area contributed by atoms with E-state index in [-0.39, 0.29) is 12.2 Å². The average Bonchev–Trinajstić information content (AvgIpc) is 2.59. The van der Waals surface area contributed by atoms with Crippen LogP contribution in [-0.4, -0.2) is 43.3 Å². The highest BCUT2D eigenvalue weighted by molar-refractivity contribution is 5.85. The van der Waals surface area contributed by atoms with Crippen LogP contribution in [0.1, 0.15) is 16.3 Å². The van der Waals surface area contributed by atoms with Gasteiger partial charge in [-0.05, 0) is 0 Å². The molecular formula is C8H9N3O4. The van der Waals surface area contributed by atoms with Gasteiger partial charge in [-0.3, -0.25) is 4.90 Å². The van der Waals surface area contributed by atoms with E-state index in [9.17, 15) is 9.59 Å². The molecule has 0 saturated carbocycles. The SMILES string of the molecule is O=C(O)c1cnc2n1CCN(C(=O)O)C2. The minimum atomic E-state index is -1.04. The van der Waals surface area contributed by atoms with Crippen LogP contribution < -0.4 is 0 Å². The van der Waals surface area contributed by atoms with Crippen LogP contribution in [0.2, 0.25) is 0 Å². The summed E-state index contributed by atoms with van der Waals surface area (Å²) in [6.45, 7) is 0.769. The third-order valence-electron chi connectivity index (χ3n) is 2.35. The number of hydrogen-bond acceptors (Lipinski definition) is 3. The summed E-state index contributed by atoms with van der Waals surface area (Å²) in [5.41, 5.74) is 0.107. The lowest BCUT2D eigenvalue weighted by Crippen LogP contribution is -2.38. The van der Waals surface area contributed by atoms with Gasteiger partial charge in [-0.25, -0.2) is 14.6 Å². The molecule has 80 valence electrons. The molecule has 1 aromatic rings. The Kier molecular flexibility index (Phi) is 2.07. The van der Waals surface area contributed by atoms with Gasteiger partial charge in [-0.2, -0.15) is 0 Å². The van der Waals surface area contributed by atoms with E-state index >= 15 is 0 Å². The summed E-state index contributed by atoms with van der Waals surface area (Å²) < 4.78 is 1.53. The number of amides is 1. The molecule has 1 aliphatic rings. The fourth-order valence-electron chi connectivity index (χ4n) is 1.59. The smallest absolute Gasteiger partial charge is 0.407 e. The molecule has 2 N–H and O–H groups in total. The Hall–Kier alpha value is -2.05. The molecule has 0 spiro atoms. The maximum absolute atomic E-state index is 10.8. The number of hydrogen-bond donors (Lipinski definition) is 2. The number of nitrogens with zero attached hydrogens (tertiary/aromatic N) is 3. The monoisotopic (exact) mass is 211 g/mol. The molecule has 0 atom stereocenters. The molecule has 0 aliphatic carbocycles. The van der Waals surface area contributed by atoms with Crippen LogP contribution in [0, 0.1) is 0 Å². The van der Waals surface area contributed by atoms with Crippen molar-refractivity contribution in [2.75, 3.05) is 6.54 Å². The number of rotatable bonds is 1. The number of aromatic nitrogens is 2. The summed E-state index contributed by atoms with van der Waals surface area (Å²) in [5, 5.41) is 17.6. The standard InChI is InChI=1S/C8H9N3O4/c12-7(13)5-3-9-6-4-10(8(14)15)1-2-11(5)6/h3H,1-2,4H2,(H,12,13)(H,14,15). The average molecular weight is 211 g/mol. The van der Waals surface area contributed by atoms with Crippen LogP contribution >= 0.6 is 0 Å². The Morgan fingerprint density at radius 3 is 2.67 bits per heavy atom. The van der Waals surface area contributed by atoms with Gasteiger partial charge < -0.3 is 14.8 Å². The second-order valence-corrected chi connectivity index (χ2v) is 3.22. The zero-order chi connectivity index (χ0) is 11.0. The largest absolute Gasteiger partial charge is 0.477 e. The van der Waals surface area contributed by atoms with Gasteiger partial charge in [0.25, 0.3) is 0 Å². The lowest BCUT2D eigenvalue weighted by molar-refractivity contribution is 0.0681. The van der Waals surface area contributed by atoms with Gasteiger partial charge in [0, 0.05) is 13.1 Å². The predicted molar refractivity (Wildman–Crippen MR) is 47.6 cm³/mol. The lowest BCUT2D eigenvalue weighted by Gasteiger charge is -2.25. The summed E-state index contributed by atoms with van der Waals surface area (Å²) in [6.07, 6.45) is 0.240. The van der Waals surface area contributed by atoms with Crippen molar-refractivity contribution in [3.05, 3.63) is 17.7 Å². The van der Waals surface area contributed by atoms with Crippen LogP contribution in [0.3, 0.4) is 0 Å². The van der Waals surface area contributed by atoms with Gasteiger partial charge in [0.2, 0.25) is 0 Å². The van der Waals surface area contributed by atoms with Crippen LogP contribution in [-0.2, 0) is 13.1 Å². The first-order valence-corrected chi connectivity index (χ1v) is 4.35. The second kappa shape index (κ2) is 3.26. The van der Waals surface area contributed by atoms with Gasteiger partial charge in [0.15, 0.2) is 0 Å². The van der Waals surface area contributed by atoms with E-state index < -0.39 is 12.1 Å². The van der Waals surface area contributed by atoms with Gasteiger partial charge in [-0.1, -0.05) is 0 Å². The van der Waals surface area contributed by atoms with Crippen LogP contribution in [0.15, 0.2) is 6.20 Å². The Balaban J connectivity index is 2.30. The van der Waals surface area contributed by atoms with Gasteiger partial charge in [0.1, 0.15) is 11.5 Å². The summed E-state index contributed by atoms with van der Waals surface area (Å²) >= 11 is 0. The van der Waals surface area contributed by atoms with Crippen LogP contribution in [0.5, 0.6) is 0 Å². The van der Waals surface area contributed by atoms with E-state index in [1.165, 1.54) is 15.7 Å². The number of carboxylic acids is 1. The van der Waals surface area contributed by atoms with Crippen molar-refractivity contribution in [3.63, 3.8) is 0 Å². The molecule has 0 bridgehead atoms. The number of carbonyl (C=O) groups is 2. The minimum Gasteiger partial charge on any atom is -0.477 e. The third kappa shape index (κ3) is 1.51. The summed E-state index contributed by atoms with van der Waals surface area (Å²) in [7, 11) is 0. The molecule has 2 rings (SSSR count). The van der Waals surface area contributed by atoms with Crippen molar-refractivity contribution in [2.24, 2.45) is 0 Å². The molecule has 0 radical (unpaired) electrons. The maximum Gasteiger partial charge on any atom is 0.407 e. The molecule has 0 aromatic carbocycles. The Morgan fingerprint density at radius 2 is 2.07 bits per heavy atom. The van der Waals surface area contributed by atoms with Crippen molar-refractivity contribution in [3.8, 4) is 0 Å². The zero-order valence-corrected chi connectivity index (χ0v) is 7.75. The van der Waals surface area contributed by atoms with Gasteiger partial charge >= 0.3 is 12.1 Å². The quantitative estimate of drug-likeness (QED) is 0.685. The van der Waals surface area contributed by atoms with Crippen molar-refractivity contribution in [2.45, 2.75) is 13.1 Å². The number of carboxylic acid groups (broad SMARTS) is 2. The van der Waals surface area contributed by atoms with E-state index in [0.717, 1.165) is 0 Å². The molecule has 0 unspecified atom stereocenters. The van der Waals surface area contributed by atoms with Crippen molar-refractivity contribution in [1.29, 1.82) is 0 Å². The molecule has 15 heavy (non-hydrogen) atoms. The summed E-state index contributed by atoms with van der Waals surface area (Å²) in [4.78, 5) is 26.5. The molecule has 0 fully saturated rings. The molecule has 1 aliphatic heterocycles. The topological polar surface area (TPSA) is 95.7 Å². The Morgan fingerprint density at radius 1 is 1.33 bits per heavy atom. The van der Waals surface area contributed by atoms with Gasteiger partial charge in [-0.15, -0.1) is 0 Å². The Labute approximate surface area is 84.6 Å². The van der Waals surface area contributed by atoms with E-state index in [0.29, 0.717) is 18.9 Å². The number of imidazole rings is 1. The maximum atomic E-state index is 10.8. The highest BCUT2D eigenvalue weighted by atomic mass is 16.4. The highest BCUT2D eigenvalue weighted by Gasteiger charge is 2.24. The summed E-state index contributed by atoms with van der Waals surface area (Å²) in [5.74, 6) is -0.571. The van der Waals surface area contributed by atoms with E-state index in [4.69, 9.17) is 10.2 Å². The predicted octanol–water partition coefficient (Wildman–Crippen LogP) is 0.0749. The molecular weight excluding hydrogens is 202 g/mol. The van der Waals surface area contributed by atoms with Crippen molar-refractivity contribution in [1.82, 2.24) is 14.5 Å². The van der Waals surface area contributed by atoms with E-state index in [2.05, 4.69) is 4.98 Å². The van der Waals surface area contributed by atoms with Crippen LogP contribution in [0.4, 0.5) is 4.79 Å². The third-order valence-corrected chi connectivity index (χ3v) is 2.35. The normalized spacial score (nSPS) is 14.8. The first-order valence-electron chi connectivity index (χ1n) is 4.35. The zero-order valence-electron chi connectivity index (χ0n) is 7.75.